The van der Waals surface area contributed by atoms with Crippen LogP contribution < -0.4 is 10.6 Å². The number of hydrogen-bond donors (Lipinski definition) is 4. The summed E-state index contributed by atoms with van der Waals surface area (Å²) >= 11 is 1.38. The number of carbonyl (C=O) groups is 3. The fourth-order valence-electron chi connectivity index (χ4n) is 1.19. The Morgan fingerprint density at radius 3 is 2.56 bits per heavy atom. The Bertz CT molecular complexity index is 431. The van der Waals surface area contributed by atoms with Gasteiger partial charge in [-0.2, -0.15) is 11.3 Å². The van der Waals surface area contributed by atoms with Gasteiger partial charge < -0.3 is 20.8 Å². The first-order valence-electron chi connectivity index (χ1n) is 5.03. The van der Waals surface area contributed by atoms with Crippen molar-refractivity contribution in [3.05, 3.63) is 16.8 Å². The molecule has 0 aromatic carbocycles. The van der Waals surface area contributed by atoms with E-state index >= 15 is 0 Å². The van der Waals surface area contributed by atoms with E-state index in [1.54, 1.807) is 16.8 Å². The Kier molecular flexibility index (Phi) is 5.12. The van der Waals surface area contributed by atoms with Crippen molar-refractivity contribution >= 4 is 35.0 Å². The molecule has 0 saturated carbocycles. The molecule has 8 heteroatoms. The Hall–Kier alpha value is -2.09. The largest absolute Gasteiger partial charge is 0.481 e. The van der Waals surface area contributed by atoms with Crippen molar-refractivity contribution < 1.29 is 24.6 Å². The number of aliphatic carboxylic acids is 2. The number of thiophene rings is 1. The number of carboxylic acid groups (broad SMARTS) is 2. The molecule has 0 aliphatic carbocycles. The van der Waals surface area contributed by atoms with E-state index in [-0.39, 0.29) is 12.8 Å². The van der Waals surface area contributed by atoms with E-state index in [0.717, 1.165) is 0 Å². The Labute approximate surface area is 106 Å². The molecule has 0 radical (unpaired) electrons. The van der Waals surface area contributed by atoms with E-state index in [1.165, 1.54) is 11.3 Å². The second-order valence-corrected chi connectivity index (χ2v) is 4.21. The molecule has 0 unspecified atom stereocenters. The highest BCUT2D eigenvalue weighted by atomic mass is 32.1. The summed E-state index contributed by atoms with van der Waals surface area (Å²) in [5.74, 6) is -2.38. The van der Waals surface area contributed by atoms with Crippen molar-refractivity contribution in [2.45, 2.75) is 18.9 Å². The first-order chi connectivity index (χ1) is 8.49. The standard InChI is InChI=1S/C10H12N2O5S/c13-8(14)2-1-7(9(15)16)12-10(17)11-6-3-4-18-5-6/h3-5,7H,1-2H2,(H,13,14)(H,15,16)(H2,11,12,17)/t7-/m0/s1. The van der Waals surface area contributed by atoms with Crippen LogP contribution in [0.3, 0.4) is 0 Å². The van der Waals surface area contributed by atoms with E-state index in [9.17, 15) is 14.4 Å². The van der Waals surface area contributed by atoms with Gasteiger partial charge in [0.15, 0.2) is 0 Å². The SMILES string of the molecule is O=C(O)CC[C@H](NC(=O)Nc1ccsc1)C(=O)O. The van der Waals surface area contributed by atoms with Crippen LogP contribution in [0.15, 0.2) is 16.8 Å². The van der Waals surface area contributed by atoms with Crippen LogP contribution in [0.2, 0.25) is 0 Å². The number of anilines is 1. The van der Waals surface area contributed by atoms with Crippen LogP contribution in [0.25, 0.3) is 0 Å². The van der Waals surface area contributed by atoms with Crippen LogP contribution in [0, 0.1) is 0 Å². The minimum atomic E-state index is -1.27. The second kappa shape index (κ2) is 6.60. The molecule has 1 aromatic rings. The normalized spacial score (nSPS) is 11.6. The Morgan fingerprint density at radius 1 is 1.33 bits per heavy atom. The Balaban J connectivity index is 2.47. The van der Waals surface area contributed by atoms with Gasteiger partial charge in [0.05, 0.1) is 5.69 Å². The lowest BCUT2D eigenvalue weighted by Crippen LogP contribution is -2.43. The molecule has 1 aromatic heterocycles. The molecular formula is C10H12N2O5S. The number of amides is 2. The maximum absolute atomic E-state index is 11.4. The molecule has 0 saturated heterocycles. The first-order valence-corrected chi connectivity index (χ1v) is 5.97. The molecule has 7 nitrogen and oxygen atoms in total. The van der Waals surface area contributed by atoms with Gasteiger partial charge in [0.1, 0.15) is 6.04 Å². The Morgan fingerprint density at radius 2 is 2.06 bits per heavy atom. The van der Waals surface area contributed by atoms with Gasteiger partial charge in [0, 0.05) is 11.8 Å². The lowest BCUT2D eigenvalue weighted by atomic mass is 10.1. The summed E-state index contributed by atoms with van der Waals surface area (Å²) in [6.45, 7) is 0. The molecule has 0 spiro atoms. The van der Waals surface area contributed by atoms with Gasteiger partial charge in [0.25, 0.3) is 0 Å². The lowest BCUT2D eigenvalue weighted by Gasteiger charge is -2.13. The highest BCUT2D eigenvalue weighted by molar-refractivity contribution is 7.08. The van der Waals surface area contributed by atoms with Gasteiger partial charge in [-0.15, -0.1) is 0 Å². The van der Waals surface area contributed by atoms with E-state index in [2.05, 4.69) is 10.6 Å². The maximum Gasteiger partial charge on any atom is 0.326 e. The highest BCUT2D eigenvalue weighted by Crippen LogP contribution is 2.11. The first kappa shape index (κ1) is 14.0. The van der Waals surface area contributed by atoms with Crippen molar-refractivity contribution in [3.63, 3.8) is 0 Å². The van der Waals surface area contributed by atoms with Gasteiger partial charge in [-0.25, -0.2) is 9.59 Å². The summed E-state index contributed by atoms with van der Waals surface area (Å²) in [6.07, 6.45) is -0.489. The van der Waals surface area contributed by atoms with Crippen molar-refractivity contribution in [2.24, 2.45) is 0 Å². The molecule has 98 valence electrons. The molecule has 2 amide bonds. The molecule has 0 aliphatic heterocycles. The van der Waals surface area contributed by atoms with E-state index in [4.69, 9.17) is 10.2 Å². The summed E-state index contributed by atoms with van der Waals surface area (Å²) in [6, 6.07) is -0.233. The monoisotopic (exact) mass is 272 g/mol. The number of carbonyl (C=O) groups excluding carboxylic acids is 1. The topological polar surface area (TPSA) is 116 Å². The van der Waals surface area contributed by atoms with Crippen molar-refractivity contribution in [1.29, 1.82) is 0 Å². The average molecular weight is 272 g/mol. The zero-order chi connectivity index (χ0) is 13.5. The summed E-state index contributed by atoms with van der Waals surface area (Å²) < 4.78 is 0. The molecule has 0 fully saturated rings. The number of urea groups is 1. The fraction of sp³-hybridized carbons (Fsp3) is 0.300. The average Bonchev–Trinajstić information content (AvgIpc) is 2.76. The fourth-order valence-corrected chi connectivity index (χ4v) is 1.77. The van der Waals surface area contributed by atoms with E-state index in [0.29, 0.717) is 5.69 Å². The molecule has 1 atom stereocenters. The van der Waals surface area contributed by atoms with Crippen molar-refractivity contribution in [1.82, 2.24) is 5.32 Å². The van der Waals surface area contributed by atoms with Crippen LogP contribution in [-0.4, -0.2) is 34.2 Å². The third-order valence-corrected chi connectivity index (χ3v) is 2.71. The van der Waals surface area contributed by atoms with Crippen LogP contribution in [0.1, 0.15) is 12.8 Å². The van der Waals surface area contributed by atoms with Gasteiger partial charge in [-0.3, -0.25) is 4.79 Å². The van der Waals surface area contributed by atoms with E-state index in [1.807, 2.05) is 0 Å². The zero-order valence-corrected chi connectivity index (χ0v) is 10.1. The number of nitrogens with one attached hydrogen (secondary N) is 2. The van der Waals surface area contributed by atoms with Gasteiger partial charge in [-0.05, 0) is 17.9 Å². The lowest BCUT2D eigenvalue weighted by molar-refractivity contribution is -0.140. The van der Waals surface area contributed by atoms with Crippen LogP contribution in [0.5, 0.6) is 0 Å². The third-order valence-electron chi connectivity index (χ3n) is 2.03. The molecule has 1 heterocycles. The van der Waals surface area contributed by atoms with E-state index < -0.39 is 24.0 Å². The van der Waals surface area contributed by atoms with Crippen LogP contribution in [0.4, 0.5) is 10.5 Å². The third kappa shape index (κ3) is 4.83. The summed E-state index contributed by atoms with van der Waals surface area (Å²) in [7, 11) is 0. The van der Waals surface area contributed by atoms with Crippen molar-refractivity contribution in [2.75, 3.05) is 5.32 Å². The van der Waals surface area contributed by atoms with Gasteiger partial charge >= 0.3 is 18.0 Å². The molecular weight excluding hydrogens is 260 g/mol. The van der Waals surface area contributed by atoms with Gasteiger partial charge in [0.2, 0.25) is 0 Å². The molecule has 18 heavy (non-hydrogen) atoms. The number of hydrogen-bond acceptors (Lipinski definition) is 4. The number of rotatable bonds is 6. The maximum atomic E-state index is 11.4. The van der Waals surface area contributed by atoms with Gasteiger partial charge in [-0.1, -0.05) is 0 Å². The summed E-state index contributed by atoms with van der Waals surface area (Å²) in [5, 5.41) is 25.4. The predicted octanol–water partition coefficient (Wildman–Crippen LogP) is 1.19. The number of carboxylic acids is 2. The minimum Gasteiger partial charge on any atom is -0.481 e. The quantitative estimate of drug-likeness (QED) is 0.620. The highest BCUT2D eigenvalue weighted by Gasteiger charge is 2.20. The van der Waals surface area contributed by atoms with Crippen LogP contribution >= 0.6 is 11.3 Å². The zero-order valence-electron chi connectivity index (χ0n) is 9.25. The minimum absolute atomic E-state index is 0.165. The molecule has 4 N–H and O–H groups in total. The molecule has 0 aliphatic rings. The second-order valence-electron chi connectivity index (χ2n) is 3.43. The molecule has 1 rings (SSSR count). The van der Waals surface area contributed by atoms with Crippen LogP contribution in [-0.2, 0) is 9.59 Å². The smallest absolute Gasteiger partial charge is 0.326 e. The predicted molar refractivity (Wildman–Crippen MR) is 64.8 cm³/mol. The summed E-state index contributed by atoms with van der Waals surface area (Å²) in [5.41, 5.74) is 0.555. The summed E-state index contributed by atoms with van der Waals surface area (Å²) in [4.78, 5) is 32.6. The van der Waals surface area contributed by atoms with Crippen molar-refractivity contribution in [3.8, 4) is 0 Å². The molecule has 0 bridgehead atoms.